The zero-order valence-corrected chi connectivity index (χ0v) is 13.3. The van der Waals surface area contributed by atoms with Crippen LogP contribution in [0.3, 0.4) is 0 Å². The predicted molar refractivity (Wildman–Crippen MR) is 90.9 cm³/mol. The van der Waals surface area contributed by atoms with Crippen LogP contribution < -0.4 is 5.32 Å². The van der Waals surface area contributed by atoms with Gasteiger partial charge in [0.15, 0.2) is 0 Å². The van der Waals surface area contributed by atoms with Gasteiger partial charge in [0.25, 0.3) is 0 Å². The second-order valence-electron chi connectivity index (χ2n) is 6.06. The molecule has 1 aromatic carbocycles. The third kappa shape index (κ3) is 4.63. The van der Waals surface area contributed by atoms with E-state index in [1.807, 2.05) is 18.2 Å². The van der Waals surface area contributed by atoms with Crippen LogP contribution in [0.15, 0.2) is 54.7 Å². The van der Waals surface area contributed by atoms with Crippen molar-refractivity contribution in [1.29, 1.82) is 0 Å². The van der Waals surface area contributed by atoms with Crippen molar-refractivity contribution in [3.63, 3.8) is 0 Å². The number of hydrogen-bond donors (Lipinski definition) is 1. The number of nitrogens with zero attached hydrogens (tertiary/aromatic N) is 2. The maximum Gasteiger partial charge on any atom is 0.234 e. The Morgan fingerprint density at radius 2 is 1.83 bits per heavy atom. The van der Waals surface area contributed by atoms with Crippen LogP contribution in [0.2, 0.25) is 0 Å². The number of hydrogen-bond acceptors (Lipinski definition) is 3. The third-order valence-electron chi connectivity index (χ3n) is 4.42. The van der Waals surface area contributed by atoms with Crippen LogP contribution >= 0.6 is 0 Å². The van der Waals surface area contributed by atoms with E-state index in [1.54, 1.807) is 6.20 Å². The Morgan fingerprint density at radius 1 is 1.09 bits per heavy atom. The summed E-state index contributed by atoms with van der Waals surface area (Å²) in [4.78, 5) is 18.5. The summed E-state index contributed by atoms with van der Waals surface area (Å²) in [6.07, 6.45) is 3.99. The standard InChI is InChI=1S/C19H23N3O/c23-19(21-14-18-8-4-5-11-20-18)15-22-12-9-17(10-13-22)16-6-2-1-3-7-16/h1-8,11,17H,9-10,12-15H2,(H,21,23). The minimum Gasteiger partial charge on any atom is -0.349 e. The van der Waals surface area contributed by atoms with E-state index in [2.05, 4.69) is 45.5 Å². The second kappa shape index (κ2) is 7.88. The number of amides is 1. The van der Waals surface area contributed by atoms with Crippen molar-refractivity contribution in [1.82, 2.24) is 15.2 Å². The molecule has 3 rings (SSSR count). The summed E-state index contributed by atoms with van der Waals surface area (Å²) in [6, 6.07) is 16.4. The number of rotatable bonds is 5. The van der Waals surface area contributed by atoms with Gasteiger partial charge in [0.1, 0.15) is 0 Å². The molecule has 4 heteroatoms. The Morgan fingerprint density at radius 3 is 2.52 bits per heavy atom. The molecule has 4 nitrogen and oxygen atoms in total. The Hall–Kier alpha value is -2.20. The first-order chi connectivity index (χ1) is 11.3. The highest BCUT2D eigenvalue weighted by Gasteiger charge is 2.21. The lowest BCUT2D eigenvalue weighted by molar-refractivity contribution is -0.122. The van der Waals surface area contributed by atoms with Gasteiger partial charge in [-0.2, -0.15) is 0 Å². The second-order valence-corrected chi connectivity index (χ2v) is 6.06. The first kappa shape index (κ1) is 15.7. The minimum absolute atomic E-state index is 0.0776. The highest BCUT2D eigenvalue weighted by atomic mass is 16.2. The van der Waals surface area contributed by atoms with Gasteiger partial charge < -0.3 is 5.32 Å². The van der Waals surface area contributed by atoms with E-state index in [0.717, 1.165) is 31.6 Å². The maximum atomic E-state index is 12.1. The van der Waals surface area contributed by atoms with Gasteiger partial charge in [-0.3, -0.25) is 14.7 Å². The zero-order chi connectivity index (χ0) is 15.9. The lowest BCUT2D eigenvalue weighted by Crippen LogP contribution is -2.41. The smallest absolute Gasteiger partial charge is 0.234 e. The van der Waals surface area contributed by atoms with Crippen LogP contribution in [-0.4, -0.2) is 35.4 Å². The molecule has 120 valence electrons. The highest BCUT2D eigenvalue weighted by molar-refractivity contribution is 5.77. The van der Waals surface area contributed by atoms with Crippen LogP contribution in [-0.2, 0) is 11.3 Å². The fraction of sp³-hybridized carbons (Fsp3) is 0.368. The number of carbonyl (C=O) groups excluding carboxylic acids is 1. The van der Waals surface area contributed by atoms with Gasteiger partial charge in [-0.1, -0.05) is 36.4 Å². The zero-order valence-electron chi connectivity index (χ0n) is 13.3. The fourth-order valence-corrected chi connectivity index (χ4v) is 3.10. The van der Waals surface area contributed by atoms with Gasteiger partial charge in [-0.05, 0) is 49.5 Å². The first-order valence-corrected chi connectivity index (χ1v) is 8.25. The van der Waals surface area contributed by atoms with Crippen LogP contribution in [0.25, 0.3) is 0 Å². The number of benzene rings is 1. The average Bonchev–Trinajstić information content (AvgIpc) is 2.62. The van der Waals surface area contributed by atoms with Crippen LogP contribution in [0.1, 0.15) is 30.0 Å². The van der Waals surface area contributed by atoms with Crippen molar-refractivity contribution in [2.45, 2.75) is 25.3 Å². The molecule has 1 aliphatic rings. The molecular formula is C19H23N3O. The van der Waals surface area contributed by atoms with Crippen molar-refractivity contribution < 1.29 is 4.79 Å². The van der Waals surface area contributed by atoms with E-state index in [-0.39, 0.29) is 5.91 Å². The molecule has 0 bridgehead atoms. The van der Waals surface area contributed by atoms with Crippen molar-refractivity contribution >= 4 is 5.91 Å². The van der Waals surface area contributed by atoms with E-state index in [0.29, 0.717) is 19.0 Å². The molecule has 0 saturated carbocycles. The van der Waals surface area contributed by atoms with Gasteiger partial charge in [0.2, 0.25) is 5.91 Å². The van der Waals surface area contributed by atoms with E-state index in [4.69, 9.17) is 0 Å². The Balaban J connectivity index is 1.41. The quantitative estimate of drug-likeness (QED) is 0.923. The van der Waals surface area contributed by atoms with Crippen molar-refractivity contribution in [2.75, 3.05) is 19.6 Å². The molecule has 1 amide bonds. The number of likely N-dealkylation sites (tertiary alicyclic amines) is 1. The number of aromatic nitrogens is 1. The average molecular weight is 309 g/mol. The lowest BCUT2D eigenvalue weighted by atomic mass is 9.89. The number of pyridine rings is 1. The molecule has 1 aromatic heterocycles. The Bertz CT molecular complexity index is 607. The van der Waals surface area contributed by atoms with Crippen molar-refractivity contribution in [3.05, 3.63) is 66.0 Å². The normalized spacial score (nSPS) is 16.2. The summed E-state index contributed by atoms with van der Waals surface area (Å²) in [5.74, 6) is 0.706. The Kier molecular flexibility index (Phi) is 5.37. The van der Waals surface area contributed by atoms with Crippen LogP contribution in [0, 0.1) is 0 Å². The predicted octanol–water partition coefficient (Wildman–Crippen LogP) is 2.58. The largest absolute Gasteiger partial charge is 0.349 e. The van der Waals surface area contributed by atoms with Gasteiger partial charge in [0, 0.05) is 6.20 Å². The van der Waals surface area contributed by atoms with Crippen molar-refractivity contribution in [2.24, 2.45) is 0 Å². The summed E-state index contributed by atoms with van der Waals surface area (Å²) >= 11 is 0. The van der Waals surface area contributed by atoms with E-state index in [1.165, 1.54) is 5.56 Å². The fourth-order valence-electron chi connectivity index (χ4n) is 3.10. The van der Waals surface area contributed by atoms with Crippen molar-refractivity contribution in [3.8, 4) is 0 Å². The molecule has 0 unspecified atom stereocenters. The summed E-state index contributed by atoms with van der Waals surface area (Å²) in [7, 11) is 0. The number of nitrogens with one attached hydrogen (secondary N) is 1. The summed E-state index contributed by atoms with van der Waals surface area (Å²) in [5.41, 5.74) is 2.32. The van der Waals surface area contributed by atoms with Crippen LogP contribution in [0.5, 0.6) is 0 Å². The van der Waals surface area contributed by atoms with Gasteiger partial charge in [-0.25, -0.2) is 0 Å². The molecule has 1 fully saturated rings. The molecule has 2 aromatic rings. The summed E-state index contributed by atoms with van der Waals surface area (Å²) in [5, 5.41) is 2.95. The van der Waals surface area contributed by atoms with Crippen LogP contribution in [0.4, 0.5) is 0 Å². The molecule has 0 radical (unpaired) electrons. The Labute approximate surface area is 137 Å². The molecule has 0 spiro atoms. The summed E-state index contributed by atoms with van der Waals surface area (Å²) < 4.78 is 0. The molecular weight excluding hydrogens is 286 g/mol. The van der Waals surface area contributed by atoms with Gasteiger partial charge >= 0.3 is 0 Å². The topological polar surface area (TPSA) is 45.2 Å². The third-order valence-corrected chi connectivity index (χ3v) is 4.42. The molecule has 0 atom stereocenters. The molecule has 1 N–H and O–H groups in total. The monoisotopic (exact) mass is 309 g/mol. The van der Waals surface area contributed by atoms with Gasteiger partial charge in [0.05, 0.1) is 18.8 Å². The lowest BCUT2D eigenvalue weighted by Gasteiger charge is -2.31. The number of carbonyl (C=O) groups is 1. The minimum atomic E-state index is 0.0776. The SMILES string of the molecule is O=C(CN1CCC(c2ccccc2)CC1)NCc1ccccn1. The molecule has 23 heavy (non-hydrogen) atoms. The summed E-state index contributed by atoms with van der Waals surface area (Å²) in [6.45, 7) is 2.95. The van der Waals surface area contributed by atoms with E-state index >= 15 is 0 Å². The molecule has 1 aliphatic heterocycles. The highest BCUT2D eigenvalue weighted by Crippen LogP contribution is 2.27. The number of piperidine rings is 1. The maximum absolute atomic E-state index is 12.1. The molecule has 1 saturated heterocycles. The molecule has 2 heterocycles. The van der Waals surface area contributed by atoms with Gasteiger partial charge in [-0.15, -0.1) is 0 Å². The van der Waals surface area contributed by atoms with E-state index in [9.17, 15) is 4.79 Å². The van der Waals surface area contributed by atoms with E-state index < -0.39 is 0 Å². The molecule has 0 aliphatic carbocycles. The first-order valence-electron chi connectivity index (χ1n) is 8.25.